The van der Waals surface area contributed by atoms with Crippen LogP contribution < -0.4 is 21.7 Å². The highest BCUT2D eigenvalue weighted by atomic mass is 32.2. The minimum atomic E-state index is -1.16. The monoisotopic (exact) mass is 468 g/mol. The number of thioether (sulfide) groups is 1. The Kier molecular flexibility index (Phi) is 14.2. The van der Waals surface area contributed by atoms with Gasteiger partial charge in [0.05, 0.1) is 6.04 Å². The number of amides is 3. The smallest absolute Gasteiger partial charge is 0.326 e. The first-order valence-corrected chi connectivity index (χ1v) is 11.9. The van der Waals surface area contributed by atoms with E-state index in [0.29, 0.717) is 18.6 Å². The van der Waals surface area contributed by atoms with Crippen LogP contribution in [0.3, 0.4) is 0 Å². The lowest BCUT2D eigenvalue weighted by Crippen LogP contribution is -2.58. The molecule has 0 bridgehead atoms. The molecule has 0 aliphatic carbocycles. The number of carboxylic acid groups (broad SMARTS) is 1. The van der Waals surface area contributed by atoms with E-state index in [9.17, 15) is 24.3 Å². The lowest BCUT2D eigenvalue weighted by Gasteiger charge is -2.25. The van der Waals surface area contributed by atoms with Gasteiger partial charge in [-0.15, -0.1) is 0 Å². The molecule has 0 spiro atoms. The van der Waals surface area contributed by atoms with Gasteiger partial charge in [-0.05, 0) is 24.3 Å². The van der Waals surface area contributed by atoms with Crippen molar-refractivity contribution >= 4 is 60.7 Å². The average Bonchev–Trinajstić information content (AvgIpc) is 2.70. The van der Waals surface area contributed by atoms with Crippen LogP contribution in [0.1, 0.15) is 26.7 Å². The zero-order chi connectivity index (χ0) is 22.6. The number of carboxylic acids is 1. The molecule has 0 heterocycles. The number of carbonyl (C=O) groups is 4. The Hall–Kier alpha value is -1.11. The Bertz CT molecular complexity index is 567. The van der Waals surface area contributed by atoms with E-state index in [1.807, 2.05) is 13.2 Å². The fourth-order valence-electron chi connectivity index (χ4n) is 2.25. The molecular formula is C17H32N4O5S3. The van der Waals surface area contributed by atoms with Gasteiger partial charge in [0, 0.05) is 11.5 Å². The molecule has 0 fully saturated rings. The number of thiol groups is 2. The highest BCUT2D eigenvalue weighted by Gasteiger charge is 2.31. The molecule has 0 rings (SSSR count). The molecule has 5 atom stereocenters. The van der Waals surface area contributed by atoms with Gasteiger partial charge >= 0.3 is 5.97 Å². The van der Waals surface area contributed by atoms with Crippen molar-refractivity contribution in [3.8, 4) is 0 Å². The van der Waals surface area contributed by atoms with E-state index in [-0.39, 0.29) is 17.4 Å². The molecule has 0 aliphatic rings. The second-order valence-electron chi connectivity index (χ2n) is 6.59. The first-order chi connectivity index (χ1) is 13.6. The SMILES string of the molecule is CCC(C)C(NC(=O)C(CS)NC(=O)C(CS)NC(=O)C(N)CCSC)C(=O)O. The maximum atomic E-state index is 12.5. The van der Waals surface area contributed by atoms with Crippen molar-refractivity contribution in [2.24, 2.45) is 11.7 Å². The van der Waals surface area contributed by atoms with Crippen LogP contribution in [0.15, 0.2) is 0 Å². The van der Waals surface area contributed by atoms with E-state index >= 15 is 0 Å². The van der Waals surface area contributed by atoms with E-state index in [2.05, 4.69) is 41.2 Å². The summed E-state index contributed by atoms with van der Waals surface area (Å²) in [6.07, 6.45) is 2.91. The van der Waals surface area contributed by atoms with Crippen LogP contribution in [0.5, 0.6) is 0 Å². The maximum absolute atomic E-state index is 12.5. The molecule has 0 saturated carbocycles. The topological polar surface area (TPSA) is 151 Å². The third-order valence-electron chi connectivity index (χ3n) is 4.38. The van der Waals surface area contributed by atoms with Crippen molar-refractivity contribution in [3.63, 3.8) is 0 Å². The average molecular weight is 469 g/mol. The van der Waals surface area contributed by atoms with Gasteiger partial charge in [0.25, 0.3) is 0 Å². The molecule has 0 radical (unpaired) electrons. The van der Waals surface area contributed by atoms with E-state index < -0.39 is 47.9 Å². The zero-order valence-corrected chi connectivity index (χ0v) is 19.5. The van der Waals surface area contributed by atoms with E-state index in [1.165, 1.54) is 0 Å². The Labute approximate surface area is 186 Å². The number of nitrogens with one attached hydrogen (secondary N) is 3. The second-order valence-corrected chi connectivity index (χ2v) is 8.30. The molecule has 0 aliphatic heterocycles. The summed E-state index contributed by atoms with van der Waals surface area (Å²) < 4.78 is 0. The lowest BCUT2D eigenvalue weighted by molar-refractivity contribution is -0.143. The second kappa shape index (κ2) is 14.8. The van der Waals surface area contributed by atoms with Gasteiger partial charge in [0.2, 0.25) is 17.7 Å². The summed E-state index contributed by atoms with van der Waals surface area (Å²) in [5.74, 6) is -2.57. The molecule has 168 valence electrons. The van der Waals surface area contributed by atoms with Crippen LogP contribution in [0, 0.1) is 5.92 Å². The van der Waals surface area contributed by atoms with E-state index in [4.69, 9.17) is 5.73 Å². The van der Waals surface area contributed by atoms with Gasteiger partial charge in [-0.1, -0.05) is 20.3 Å². The summed E-state index contributed by atoms with van der Waals surface area (Å²) in [7, 11) is 0. The molecule has 5 unspecified atom stereocenters. The molecular weight excluding hydrogens is 436 g/mol. The van der Waals surface area contributed by atoms with Gasteiger partial charge in [-0.3, -0.25) is 14.4 Å². The summed E-state index contributed by atoms with van der Waals surface area (Å²) in [5.41, 5.74) is 5.79. The largest absolute Gasteiger partial charge is 0.480 e. The first-order valence-electron chi connectivity index (χ1n) is 9.22. The number of nitrogens with two attached hydrogens (primary N) is 1. The minimum Gasteiger partial charge on any atom is -0.480 e. The summed E-state index contributed by atoms with van der Waals surface area (Å²) >= 11 is 9.70. The third-order valence-corrected chi connectivity index (χ3v) is 5.75. The van der Waals surface area contributed by atoms with Crippen molar-refractivity contribution in [1.82, 2.24) is 16.0 Å². The van der Waals surface area contributed by atoms with E-state index in [0.717, 1.165) is 0 Å². The third kappa shape index (κ3) is 9.96. The summed E-state index contributed by atoms with van der Waals surface area (Å²) in [4.78, 5) is 48.4. The van der Waals surface area contributed by atoms with Crippen LogP contribution >= 0.6 is 37.0 Å². The minimum absolute atomic E-state index is 0.00164. The fraction of sp³-hybridized carbons (Fsp3) is 0.765. The molecule has 3 amide bonds. The molecule has 29 heavy (non-hydrogen) atoms. The number of carbonyl (C=O) groups excluding carboxylic acids is 3. The van der Waals surface area contributed by atoms with Gasteiger partial charge < -0.3 is 26.8 Å². The number of rotatable bonds is 14. The quantitative estimate of drug-likeness (QED) is 0.170. The highest BCUT2D eigenvalue weighted by molar-refractivity contribution is 7.98. The molecule has 0 aromatic rings. The standard InChI is InChI=1S/C17H32N4O5S3/c1-4-9(2)13(17(25)26)21-16(24)12(8-28)20-15(23)11(7-27)19-14(22)10(18)5-6-29-3/h9-13,27-28H,4-8,18H2,1-3H3,(H,19,22)(H,20,23)(H,21,24)(H,25,26). The van der Waals surface area contributed by atoms with Crippen LogP contribution in [0.4, 0.5) is 0 Å². The predicted molar refractivity (Wildman–Crippen MR) is 122 cm³/mol. The van der Waals surface area contributed by atoms with Crippen molar-refractivity contribution in [2.75, 3.05) is 23.5 Å². The van der Waals surface area contributed by atoms with Crippen LogP contribution in [0.25, 0.3) is 0 Å². The van der Waals surface area contributed by atoms with Gasteiger partial charge in [0.1, 0.15) is 18.1 Å². The summed E-state index contributed by atoms with van der Waals surface area (Å²) in [6, 6.07) is -3.90. The predicted octanol–water partition coefficient (Wildman–Crippen LogP) is -0.488. The lowest BCUT2D eigenvalue weighted by atomic mass is 9.99. The normalized spacial score (nSPS) is 16.1. The Morgan fingerprint density at radius 1 is 1.00 bits per heavy atom. The number of hydrogen-bond donors (Lipinski definition) is 7. The molecule has 9 nitrogen and oxygen atoms in total. The fourth-order valence-corrected chi connectivity index (χ4v) is 3.26. The Morgan fingerprint density at radius 3 is 1.90 bits per heavy atom. The molecule has 6 N–H and O–H groups in total. The van der Waals surface area contributed by atoms with Gasteiger partial charge in [-0.2, -0.15) is 37.0 Å². The van der Waals surface area contributed by atoms with Crippen LogP contribution in [-0.2, 0) is 19.2 Å². The van der Waals surface area contributed by atoms with Crippen molar-refractivity contribution < 1.29 is 24.3 Å². The molecule has 12 heteroatoms. The van der Waals surface area contributed by atoms with Crippen molar-refractivity contribution in [1.29, 1.82) is 0 Å². The summed E-state index contributed by atoms with van der Waals surface area (Å²) in [5, 5.41) is 16.7. The van der Waals surface area contributed by atoms with E-state index in [1.54, 1.807) is 18.7 Å². The number of hydrogen-bond acceptors (Lipinski definition) is 8. The zero-order valence-electron chi connectivity index (χ0n) is 16.9. The highest BCUT2D eigenvalue weighted by Crippen LogP contribution is 2.08. The van der Waals surface area contributed by atoms with Crippen molar-refractivity contribution in [2.45, 2.75) is 50.9 Å². The Morgan fingerprint density at radius 2 is 1.48 bits per heavy atom. The van der Waals surface area contributed by atoms with Crippen LogP contribution in [0.2, 0.25) is 0 Å². The first kappa shape index (κ1) is 27.9. The van der Waals surface area contributed by atoms with Gasteiger partial charge in [-0.25, -0.2) is 4.79 Å². The summed E-state index contributed by atoms with van der Waals surface area (Å²) in [6.45, 7) is 3.52. The van der Waals surface area contributed by atoms with Gasteiger partial charge in [0.15, 0.2) is 0 Å². The van der Waals surface area contributed by atoms with Crippen molar-refractivity contribution in [3.05, 3.63) is 0 Å². The van der Waals surface area contributed by atoms with Crippen LogP contribution in [-0.4, -0.2) is 76.5 Å². The Balaban J connectivity index is 4.98. The molecule has 0 aromatic carbocycles. The maximum Gasteiger partial charge on any atom is 0.326 e. The molecule has 0 aromatic heterocycles. The number of aliphatic carboxylic acids is 1. The molecule has 0 saturated heterocycles.